The first-order valence-corrected chi connectivity index (χ1v) is 14.6. The number of esters is 1. The van der Waals surface area contributed by atoms with Gasteiger partial charge in [-0.1, -0.05) is 38.2 Å². The second kappa shape index (κ2) is 13.3. The van der Waals surface area contributed by atoms with Gasteiger partial charge in [0.15, 0.2) is 0 Å². The van der Waals surface area contributed by atoms with E-state index in [1.54, 1.807) is 12.3 Å². The molecule has 0 aromatic carbocycles. The number of hydrogen-bond acceptors (Lipinski definition) is 9. The highest BCUT2D eigenvalue weighted by Gasteiger charge is 2.43. The fraction of sp³-hybridized carbons (Fsp3) is 0.594. The van der Waals surface area contributed by atoms with Crippen LogP contribution in [0.25, 0.3) is 6.08 Å². The maximum Gasteiger partial charge on any atom is 0.330 e. The van der Waals surface area contributed by atoms with Gasteiger partial charge in [0.1, 0.15) is 18.1 Å². The molecule has 4 aliphatic heterocycles. The molecular formula is C32H40N2O7. The molecule has 5 heterocycles. The Kier molecular flexibility index (Phi) is 9.56. The summed E-state index contributed by atoms with van der Waals surface area (Å²) in [5.74, 6) is -0.166. The number of hydrogen-bond donors (Lipinski definition) is 0. The zero-order chi connectivity index (χ0) is 28.9. The molecule has 0 aliphatic carbocycles. The first-order valence-electron chi connectivity index (χ1n) is 14.6. The molecular weight excluding hydrogens is 524 g/mol. The molecule has 9 nitrogen and oxygen atoms in total. The first kappa shape index (κ1) is 29.5. The molecule has 9 atom stereocenters. The van der Waals surface area contributed by atoms with E-state index in [0.29, 0.717) is 31.0 Å². The van der Waals surface area contributed by atoms with Crippen molar-refractivity contribution in [1.29, 1.82) is 5.26 Å². The van der Waals surface area contributed by atoms with E-state index in [2.05, 4.69) is 17.6 Å². The Bertz CT molecular complexity index is 1230. The molecule has 8 bridgehead atoms. The molecule has 0 spiro atoms. The minimum atomic E-state index is -0.595. The quantitative estimate of drug-likeness (QED) is 0.239. The topological polar surface area (TPSA) is 113 Å². The lowest BCUT2D eigenvalue weighted by Gasteiger charge is -2.44. The van der Waals surface area contributed by atoms with Crippen molar-refractivity contribution in [2.45, 2.75) is 102 Å². The first-order chi connectivity index (χ1) is 19.8. The van der Waals surface area contributed by atoms with E-state index in [4.69, 9.17) is 28.1 Å². The SMILES string of the molecule is C=C1CC2CC=CC(=O)OC3C(C)C(CC=Cc4nc(co4)C4OCCC(CC(C1)O2)O4)OC(C(C)=CC#N)C3C. The number of aromatic nitrogens is 1. The van der Waals surface area contributed by atoms with Crippen molar-refractivity contribution in [3.05, 3.63) is 59.9 Å². The summed E-state index contributed by atoms with van der Waals surface area (Å²) in [6, 6.07) is 2.10. The van der Waals surface area contributed by atoms with E-state index >= 15 is 0 Å². The Labute approximate surface area is 241 Å². The van der Waals surface area contributed by atoms with Crippen LogP contribution in [0.3, 0.4) is 0 Å². The Balaban J connectivity index is 1.41. The molecule has 9 heteroatoms. The van der Waals surface area contributed by atoms with Crippen LogP contribution in [0.4, 0.5) is 0 Å². The third kappa shape index (κ3) is 7.25. The number of carbonyl (C=O) groups excluding carboxylic acids is 1. The number of rotatable bonds is 1. The summed E-state index contributed by atoms with van der Waals surface area (Å²) in [7, 11) is 0. The number of ether oxygens (including phenoxy) is 5. The summed E-state index contributed by atoms with van der Waals surface area (Å²) in [5, 5.41) is 9.25. The third-order valence-electron chi connectivity index (χ3n) is 8.45. The summed E-state index contributed by atoms with van der Waals surface area (Å²) in [5.41, 5.74) is 2.54. The van der Waals surface area contributed by atoms with Gasteiger partial charge >= 0.3 is 5.97 Å². The molecule has 3 fully saturated rings. The van der Waals surface area contributed by atoms with Crippen LogP contribution in [0.5, 0.6) is 0 Å². The molecule has 0 radical (unpaired) electrons. The average molecular weight is 565 g/mol. The minimum Gasteiger partial charge on any atom is -0.458 e. The molecule has 1 aromatic rings. The van der Waals surface area contributed by atoms with Crippen LogP contribution in [0.1, 0.15) is 77.2 Å². The van der Waals surface area contributed by atoms with Gasteiger partial charge in [-0.15, -0.1) is 0 Å². The van der Waals surface area contributed by atoms with Crippen LogP contribution in [0.2, 0.25) is 0 Å². The van der Waals surface area contributed by atoms with Crippen LogP contribution in [0.15, 0.2) is 52.7 Å². The number of carbonyl (C=O) groups is 1. The lowest BCUT2D eigenvalue weighted by molar-refractivity contribution is -0.227. The Morgan fingerprint density at radius 3 is 2.71 bits per heavy atom. The predicted molar refractivity (Wildman–Crippen MR) is 150 cm³/mol. The van der Waals surface area contributed by atoms with Crippen molar-refractivity contribution in [2.75, 3.05) is 6.61 Å². The van der Waals surface area contributed by atoms with Crippen LogP contribution in [-0.4, -0.2) is 54.2 Å². The highest BCUT2D eigenvalue weighted by atomic mass is 16.7. The van der Waals surface area contributed by atoms with Gasteiger partial charge in [0.2, 0.25) is 12.2 Å². The van der Waals surface area contributed by atoms with Crippen molar-refractivity contribution in [3.8, 4) is 6.07 Å². The zero-order valence-corrected chi connectivity index (χ0v) is 24.1. The minimum absolute atomic E-state index is 0.0160. The number of nitrogens with zero attached hydrogens (tertiary/aromatic N) is 2. The lowest BCUT2D eigenvalue weighted by Crippen LogP contribution is -2.50. The van der Waals surface area contributed by atoms with Gasteiger partial charge in [-0.2, -0.15) is 5.26 Å². The van der Waals surface area contributed by atoms with Gasteiger partial charge < -0.3 is 28.1 Å². The summed E-state index contributed by atoms with van der Waals surface area (Å²) in [6.45, 7) is 10.7. The summed E-state index contributed by atoms with van der Waals surface area (Å²) in [6.07, 6.45) is 12.6. The molecule has 0 amide bonds. The fourth-order valence-corrected chi connectivity index (χ4v) is 6.35. The lowest BCUT2D eigenvalue weighted by atomic mass is 9.79. The number of oxazole rings is 1. The summed E-state index contributed by atoms with van der Waals surface area (Å²) in [4.78, 5) is 17.6. The normalized spacial score (nSPS) is 37.0. The van der Waals surface area contributed by atoms with E-state index in [9.17, 15) is 10.1 Å². The van der Waals surface area contributed by atoms with Gasteiger partial charge in [-0.05, 0) is 50.7 Å². The molecule has 9 unspecified atom stereocenters. The van der Waals surface area contributed by atoms with Crippen LogP contribution < -0.4 is 0 Å². The monoisotopic (exact) mass is 564 g/mol. The summed E-state index contributed by atoms with van der Waals surface area (Å²) < 4.78 is 36.7. The highest BCUT2D eigenvalue weighted by Crippen LogP contribution is 2.37. The molecule has 0 N–H and O–H groups in total. The van der Waals surface area contributed by atoms with Gasteiger partial charge in [-0.3, -0.25) is 0 Å². The second-order valence-electron chi connectivity index (χ2n) is 11.6. The maximum absolute atomic E-state index is 13.0. The predicted octanol–water partition coefficient (Wildman–Crippen LogP) is 5.76. The molecule has 4 aliphatic rings. The molecule has 3 saturated heterocycles. The zero-order valence-electron chi connectivity index (χ0n) is 24.1. The van der Waals surface area contributed by atoms with E-state index in [1.807, 2.05) is 32.9 Å². The van der Waals surface area contributed by atoms with E-state index in [-0.39, 0.29) is 42.4 Å². The molecule has 0 saturated carbocycles. The average Bonchev–Trinajstić information content (AvgIpc) is 3.41. The maximum atomic E-state index is 13.0. The summed E-state index contributed by atoms with van der Waals surface area (Å²) >= 11 is 0. The van der Waals surface area contributed by atoms with E-state index in [0.717, 1.165) is 36.8 Å². The standard InChI is InChI=1S/C32H40N2O7/c1-19-15-23-7-5-10-29(35)41-31-21(3)27(40-30(22(31)4)20(2)11-13-33)8-6-9-28-34-26(18-37-28)32-36-14-12-24(39-32)17-25(16-19)38-23/h5-6,9-11,18,21-25,27,30-32H,1,7-8,12,14-17H2,2-4H3. The van der Waals surface area contributed by atoms with E-state index in [1.165, 1.54) is 12.2 Å². The molecule has 5 rings (SSSR count). The largest absolute Gasteiger partial charge is 0.458 e. The van der Waals surface area contributed by atoms with Crippen molar-refractivity contribution < 1.29 is 32.9 Å². The van der Waals surface area contributed by atoms with Gasteiger partial charge in [0.05, 0.1) is 43.2 Å². The van der Waals surface area contributed by atoms with Crippen molar-refractivity contribution >= 4 is 12.0 Å². The van der Waals surface area contributed by atoms with Gasteiger partial charge in [-0.25, -0.2) is 9.78 Å². The Hall–Kier alpha value is -3.03. The van der Waals surface area contributed by atoms with Gasteiger partial charge in [0.25, 0.3) is 0 Å². The number of nitriles is 1. The van der Waals surface area contributed by atoms with Crippen LogP contribution in [-0.2, 0) is 28.5 Å². The fourth-order valence-electron chi connectivity index (χ4n) is 6.35. The third-order valence-corrected chi connectivity index (χ3v) is 8.45. The smallest absolute Gasteiger partial charge is 0.330 e. The van der Waals surface area contributed by atoms with Crippen LogP contribution >= 0.6 is 0 Å². The number of allylic oxidation sites excluding steroid dienone is 1. The molecule has 1 aromatic heterocycles. The molecule has 220 valence electrons. The van der Waals surface area contributed by atoms with Crippen LogP contribution in [0, 0.1) is 23.2 Å². The van der Waals surface area contributed by atoms with Crippen molar-refractivity contribution in [2.24, 2.45) is 11.8 Å². The second-order valence-corrected chi connectivity index (χ2v) is 11.6. The number of fused-ring (bicyclic) bond motifs is 9. The Morgan fingerprint density at radius 2 is 1.88 bits per heavy atom. The Morgan fingerprint density at radius 1 is 1.07 bits per heavy atom. The van der Waals surface area contributed by atoms with E-state index < -0.39 is 18.4 Å². The van der Waals surface area contributed by atoms with Crippen molar-refractivity contribution in [1.82, 2.24) is 4.98 Å². The highest BCUT2D eigenvalue weighted by molar-refractivity contribution is 5.82. The van der Waals surface area contributed by atoms with Gasteiger partial charge in [0, 0.05) is 30.4 Å². The van der Waals surface area contributed by atoms with Crippen molar-refractivity contribution in [3.63, 3.8) is 0 Å². The molecule has 41 heavy (non-hydrogen) atoms.